The molecule has 2 heterocycles. The van der Waals surface area contributed by atoms with Crippen LogP contribution in [0.25, 0.3) is 0 Å². The fraction of sp³-hybridized carbons (Fsp3) is 0.600. The number of rotatable bonds is 3. The van der Waals surface area contributed by atoms with Crippen LogP contribution >= 0.6 is 11.3 Å². The van der Waals surface area contributed by atoms with Crippen molar-refractivity contribution in [2.24, 2.45) is 5.73 Å². The fourth-order valence-electron chi connectivity index (χ4n) is 2.04. The maximum atomic E-state index is 11.4. The Morgan fingerprint density at radius 1 is 1.81 bits per heavy atom. The highest BCUT2D eigenvalue weighted by atomic mass is 32.1. The normalized spacial score (nSPS) is 24.2. The zero-order valence-corrected chi connectivity index (χ0v) is 10.0. The summed E-state index contributed by atoms with van der Waals surface area (Å²) >= 11 is 1.61. The van der Waals surface area contributed by atoms with Crippen molar-refractivity contribution in [2.45, 2.75) is 19.0 Å². The molecule has 0 radical (unpaired) electrons. The van der Waals surface area contributed by atoms with E-state index in [1.54, 1.807) is 11.3 Å². The number of carbonyl (C=O) groups is 1. The lowest BCUT2D eigenvalue weighted by molar-refractivity contribution is -0.124. The summed E-state index contributed by atoms with van der Waals surface area (Å²) in [7, 11) is 0. The monoisotopic (exact) mass is 240 g/mol. The molecule has 2 atom stereocenters. The molecule has 1 fully saturated rings. The van der Waals surface area contributed by atoms with Crippen molar-refractivity contribution in [2.75, 3.05) is 19.6 Å². The second-order valence-electron chi connectivity index (χ2n) is 3.94. The molecule has 0 saturated carbocycles. The quantitative estimate of drug-likeness (QED) is 0.778. The minimum atomic E-state index is -0.261. The molecule has 5 nitrogen and oxygen atoms in total. The van der Waals surface area contributed by atoms with Crippen LogP contribution < -0.4 is 11.1 Å². The van der Waals surface area contributed by atoms with E-state index >= 15 is 0 Å². The number of amides is 1. The minimum absolute atomic E-state index is 0.201. The average Bonchev–Trinajstić information content (AvgIpc) is 2.81. The van der Waals surface area contributed by atoms with Crippen molar-refractivity contribution in [3.63, 3.8) is 0 Å². The van der Waals surface area contributed by atoms with Crippen molar-refractivity contribution in [3.8, 4) is 0 Å². The summed E-state index contributed by atoms with van der Waals surface area (Å²) in [5.41, 5.74) is 7.23. The van der Waals surface area contributed by atoms with Crippen molar-refractivity contribution >= 4 is 17.2 Å². The lowest BCUT2D eigenvalue weighted by Gasteiger charge is -2.37. The second-order valence-corrected chi connectivity index (χ2v) is 4.86. The number of thiazole rings is 1. The minimum Gasteiger partial charge on any atom is -0.368 e. The van der Waals surface area contributed by atoms with Crippen molar-refractivity contribution < 1.29 is 4.79 Å². The summed E-state index contributed by atoms with van der Waals surface area (Å²) in [6.07, 6.45) is 1.86. The molecular weight excluding hydrogens is 224 g/mol. The number of piperazine rings is 1. The summed E-state index contributed by atoms with van der Waals surface area (Å²) in [6.45, 7) is 4.47. The predicted molar refractivity (Wildman–Crippen MR) is 63.1 cm³/mol. The van der Waals surface area contributed by atoms with Crippen LogP contribution in [0.3, 0.4) is 0 Å². The van der Waals surface area contributed by atoms with Gasteiger partial charge in [-0.3, -0.25) is 14.7 Å². The van der Waals surface area contributed by atoms with Crippen LogP contribution in [-0.2, 0) is 4.79 Å². The summed E-state index contributed by atoms with van der Waals surface area (Å²) in [5, 5.41) is 3.19. The molecule has 6 heteroatoms. The van der Waals surface area contributed by atoms with E-state index in [1.165, 1.54) is 4.88 Å². The molecule has 0 spiro atoms. The van der Waals surface area contributed by atoms with Gasteiger partial charge in [-0.15, -0.1) is 11.3 Å². The number of nitrogens with one attached hydrogen (secondary N) is 1. The van der Waals surface area contributed by atoms with E-state index in [-0.39, 0.29) is 18.0 Å². The number of carbonyl (C=O) groups excluding carboxylic acids is 1. The maximum Gasteiger partial charge on any atom is 0.236 e. The van der Waals surface area contributed by atoms with Crippen LogP contribution in [0.1, 0.15) is 17.8 Å². The largest absolute Gasteiger partial charge is 0.368 e. The van der Waals surface area contributed by atoms with Gasteiger partial charge < -0.3 is 11.1 Å². The number of aromatic nitrogens is 1. The van der Waals surface area contributed by atoms with Gasteiger partial charge in [-0.05, 0) is 6.92 Å². The third-order valence-electron chi connectivity index (χ3n) is 2.97. The molecule has 1 aliphatic heterocycles. The van der Waals surface area contributed by atoms with Crippen LogP contribution in [0.4, 0.5) is 0 Å². The van der Waals surface area contributed by atoms with Crippen molar-refractivity contribution in [1.29, 1.82) is 0 Å². The van der Waals surface area contributed by atoms with E-state index in [0.717, 1.165) is 13.1 Å². The van der Waals surface area contributed by atoms with Crippen LogP contribution in [-0.4, -0.2) is 41.5 Å². The Bertz CT molecular complexity index is 354. The van der Waals surface area contributed by atoms with Gasteiger partial charge >= 0.3 is 0 Å². The molecular formula is C10H16N4OS. The molecule has 1 aromatic rings. The Labute approximate surface area is 98.7 Å². The molecule has 88 valence electrons. The topological polar surface area (TPSA) is 71.2 Å². The maximum absolute atomic E-state index is 11.4. The average molecular weight is 240 g/mol. The van der Waals surface area contributed by atoms with Crippen molar-refractivity contribution in [1.82, 2.24) is 15.2 Å². The molecule has 0 aliphatic carbocycles. The number of nitrogens with two attached hydrogens (primary N) is 1. The first kappa shape index (κ1) is 11.5. The SMILES string of the molecule is CC(c1cncs1)N1CCNCC1C(N)=O. The first-order valence-corrected chi connectivity index (χ1v) is 6.22. The number of nitrogens with zero attached hydrogens (tertiary/aromatic N) is 2. The predicted octanol–water partition coefficient (Wildman–Crippen LogP) is -0.0368. The molecule has 0 bridgehead atoms. The zero-order chi connectivity index (χ0) is 11.5. The van der Waals surface area contributed by atoms with Crippen molar-refractivity contribution in [3.05, 3.63) is 16.6 Å². The lowest BCUT2D eigenvalue weighted by Crippen LogP contribution is -2.57. The highest BCUT2D eigenvalue weighted by molar-refractivity contribution is 7.09. The Hall–Kier alpha value is -0.980. The summed E-state index contributed by atoms with van der Waals surface area (Å²) in [4.78, 5) is 18.8. The molecule has 3 N–H and O–H groups in total. The molecule has 1 saturated heterocycles. The van der Waals surface area contributed by atoms with E-state index in [0.29, 0.717) is 6.54 Å². The standard InChI is InChI=1S/C10H16N4OS/c1-7(9-5-13-6-16-9)14-3-2-12-4-8(14)10(11)15/h5-8,12H,2-4H2,1H3,(H2,11,15). The highest BCUT2D eigenvalue weighted by Crippen LogP contribution is 2.25. The first-order valence-electron chi connectivity index (χ1n) is 5.34. The van der Waals surface area contributed by atoms with Crippen LogP contribution in [0, 0.1) is 0 Å². The van der Waals surface area contributed by atoms with Crippen LogP contribution in [0.5, 0.6) is 0 Å². The number of hydrogen-bond acceptors (Lipinski definition) is 5. The van der Waals surface area contributed by atoms with E-state index in [1.807, 2.05) is 11.7 Å². The second kappa shape index (κ2) is 4.90. The Kier molecular flexibility index (Phi) is 3.52. The molecule has 2 unspecified atom stereocenters. The third-order valence-corrected chi connectivity index (χ3v) is 3.92. The summed E-state index contributed by atoms with van der Waals surface area (Å²) < 4.78 is 0. The molecule has 1 amide bonds. The molecule has 1 aliphatic rings. The first-order chi connectivity index (χ1) is 7.70. The van der Waals surface area contributed by atoms with Gasteiger partial charge in [0.25, 0.3) is 0 Å². The summed E-state index contributed by atoms with van der Waals surface area (Å²) in [6, 6.07) is -0.0158. The molecule has 16 heavy (non-hydrogen) atoms. The van der Waals surface area contributed by atoms with Gasteiger partial charge in [0.15, 0.2) is 0 Å². The van der Waals surface area contributed by atoms with Gasteiger partial charge in [0.2, 0.25) is 5.91 Å². The van der Waals surface area contributed by atoms with Crippen LogP contribution in [0.2, 0.25) is 0 Å². The van der Waals surface area contributed by atoms with Gasteiger partial charge in [0.1, 0.15) is 6.04 Å². The van der Waals surface area contributed by atoms with Gasteiger partial charge in [0, 0.05) is 36.8 Å². The van der Waals surface area contributed by atoms with E-state index in [2.05, 4.69) is 22.1 Å². The zero-order valence-electron chi connectivity index (χ0n) is 9.22. The lowest BCUT2D eigenvalue weighted by atomic mass is 10.1. The third kappa shape index (κ3) is 2.23. The van der Waals surface area contributed by atoms with Gasteiger partial charge in [-0.1, -0.05) is 0 Å². The Balaban J connectivity index is 2.14. The van der Waals surface area contributed by atoms with E-state index in [9.17, 15) is 4.79 Å². The molecule has 1 aromatic heterocycles. The van der Waals surface area contributed by atoms with Gasteiger partial charge in [-0.25, -0.2) is 0 Å². The fourth-order valence-corrected chi connectivity index (χ4v) is 2.74. The number of hydrogen-bond donors (Lipinski definition) is 2. The molecule has 2 rings (SSSR count). The molecule has 0 aromatic carbocycles. The van der Waals surface area contributed by atoms with Gasteiger partial charge in [0.05, 0.1) is 5.51 Å². The van der Waals surface area contributed by atoms with Crippen LogP contribution in [0.15, 0.2) is 11.7 Å². The Morgan fingerprint density at radius 3 is 3.25 bits per heavy atom. The smallest absolute Gasteiger partial charge is 0.236 e. The highest BCUT2D eigenvalue weighted by Gasteiger charge is 2.31. The Morgan fingerprint density at radius 2 is 2.62 bits per heavy atom. The van der Waals surface area contributed by atoms with E-state index < -0.39 is 0 Å². The van der Waals surface area contributed by atoms with Gasteiger partial charge in [-0.2, -0.15) is 0 Å². The van der Waals surface area contributed by atoms with E-state index in [4.69, 9.17) is 5.73 Å². The summed E-state index contributed by atoms with van der Waals surface area (Å²) in [5.74, 6) is -0.261. The number of primary amides is 1.